The summed E-state index contributed by atoms with van der Waals surface area (Å²) in [5.74, 6) is 2.27. The Hall–Kier alpha value is -1.65. The number of ketones is 1. The van der Waals surface area contributed by atoms with E-state index in [1.165, 1.54) is 19.2 Å². The Morgan fingerprint density at radius 3 is 2.73 bits per heavy atom. The van der Waals surface area contributed by atoms with Crippen molar-refractivity contribution < 1.29 is 18.3 Å². The highest BCUT2D eigenvalue weighted by Crippen LogP contribution is 2.66. The zero-order chi connectivity index (χ0) is 23.4. The molecule has 1 aromatic rings. The molecule has 0 amide bonds. The van der Waals surface area contributed by atoms with E-state index < -0.39 is 5.67 Å². The molecule has 4 fully saturated rings. The van der Waals surface area contributed by atoms with Gasteiger partial charge in [-0.2, -0.15) is 0 Å². The molecule has 0 spiro atoms. The van der Waals surface area contributed by atoms with Gasteiger partial charge in [-0.3, -0.25) is 4.79 Å². The molecule has 0 aliphatic heterocycles. The van der Waals surface area contributed by atoms with Gasteiger partial charge >= 0.3 is 0 Å². The van der Waals surface area contributed by atoms with Crippen LogP contribution in [0.25, 0.3) is 0 Å². The number of alkyl halides is 1. The van der Waals surface area contributed by atoms with Crippen LogP contribution >= 0.6 is 0 Å². The van der Waals surface area contributed by atoms with E-state index in [0.29, 0.717) is 29.2 Å². The molecule has 0 radical (unpaired) electrons. The number of carbonyl (C=O) groups excluding carboxylic acids is 1. The van der Waals surface area contributed by atoms with Crippen molar-refractivity contribution in [2.75, 3.05) is 19.0 Å². The second-order valence-corrected chi connectivity index (χ2v) is 11.8. The molecule has 0 heterocycles. The maximum atomic E-state index is 16.5. The zero-order valence-corrected chi connectivity index (χ0v) is 20.3. The quantitative estimate of drug-likeness (QED) is 0.525. The highest BCUT2D eigenvalue weighted by molar-refractivity contribution is 5.86. The molecule has 0 bridgehead atoms. The van der Waals surface area contributed by atoms with E-state index >= 15 is 4.39 Å². The molecule has 4 saturated carbocycles. The largest absolute Gasteiger partial charge is 0.494 e. The molecule has 33 heavy (non-hydrogen) atoms. The number of fused-ring (bicyclic) bond motifs is 5. The third-order valence-corrected chi connectivity index (χ3v) is 10.3. The van der Waals surface area contributed by atoms with Gasteiger partial charge in [0.15, 0.2) is 5.78 Å². The number of methoxy groups -OCH3 is 1. The van der Waals surface area contributed by atoms with Crippen LogP contribution < -0.4 is 10.1 Å². The topological polar surface area (TPSA) is 38.3 Å². The zero-order valence-electron chi connectivity index (χ0n) is 20.3. The Balaban J connectivity index is 1.29. The highest BCUT2D eigenvalue weighted by atomic mass is 19.1. The summed E-state index contributed by atoms with van der Waals surface area (Å²) in [5, 5.41) is 3.18. The van der Waals surface area contributed by atoms with Gasteiger partial charge in [0.2, 0.25) is 0 Å². The first-order valence-electron chi connectivity index (χ1n) is 13.1. The Kier molecular flexibility index (Phi) is 5.98. The van der Waals surface area contributed by atoms with Crippen molar-refractivity contribution in [1.82, 2.24) is 0 Å². The fourth-order valence-corrected chi connectivity index (χ4v) is 8.64. The van der Waals surface area contributed by atoms with Crippen molar-refractivity contribution in [2.45, 2.75) is 77.3 Å². The van der Waals surface area contributed by atoms with Crippen LogP contribution in [0.2, 0.25) is 0 Å². The third-order valence-electron chi connectivity index (χ3n) is 10.3. The van der Waals surface area contributed by atoms with Crippen molar-refractivity contribution in [3.05, 3.63) is 24.0 Å². The molecule has 1 N–H and O–H groups in total. The van der Waals surface area contributed by atoms with Crippen molar-refractivity contribution >= 4 is 11.5 Å². The molecule has 3 nitrogen and oxygen atoms in total. The summed E-state index contributed by atoms with van der Waals surface area (Å²) in [5.41, 5.74) is -0.364. The second kappa shape index (κ2) is 8.53. The van der Waals surface area contributed by atoms with Crippen LogP contribution in [0.15, 0.2) is 18.2 Å². The lowest BCUT2D eigenvalue weighted by Gasteiger charge is -2.58. The summed E-state index contributed by atoms with van der Waals surface area (Å²) in [6, 6.07) is 4.32. The summed E-state index contributed by atoms with van der Waals surface area (Å²) >= 11 is 0. The first-order chi connectivity index (χ1) is 15.8. The van der Waals surface area contributed by atoms with Crippen LogP contribution in [0.5, 0.6) is 5.75 Å². The van der Waals surface area contributed by atoms with Crippen LogP contribution in [-0.2, 0) is 4.79 Å². The van der Waals surface area contributed by atoms with E-state index in [0.717, 1.165) is 57.8 Å². The predicted octanol–water partition coefficient (Wildman–Crippen LogP) is 6.81. The van der Waals surface area contributed by atoms with E-state index in [4.69, 9.17) is 4.74 Å². The number of Topliss-reactive ketones (excluding diaryl/α,β-unsaturated/α-hetero) is 1. The summed E-state index contributed by atoms with van der Waals surface area (Å²) < 4.78 is 35.2. The van der Waals surface area contributed by atoms with Gasteiger partial charge in [0.05, 0.1) is 19.3 Å². The molecule has 4 aliphatic rings. The predicted molar refractivity (Wildman–Crippen MR) is 127 cm³/mol. The van der Waals surface area contributed by atoms with E-state index in [-0.39, 0.29) is 41.3 Å². The average molecular weight is 460 g/mol. The minimum Gasteiger partial charge on any atom is -0.494 e. The van der Waals surface area contributed by atoms with Gasteiger partial charge in [0.1, 0.15) is 17.2 Å². The minimum absolute atomic E-state index is 0.0158. The van der Waals surface area contributed by atoms with Gasteiger partial charge in [0, 0.05) is 12.0 Å². The standard InChI is InChI=1S/C28H39F2NO2/c1-17-10-13-28(30)18(14-17)4-6-20-21-7-8-23(27(21,2)12-11-22(20)28)25(32)16-31-24-9-5-19(29)15-26(24)33-3/h5,9,15,17-18,20-23,31H,4,6-8,10-14,16H2,1-3H3/t17-,18+,20-,21?,22?,23+,27-,28+/m0/s1. The first kappa shape index (κ1) is 23.1. The molecular weight excluding hydrogens is 420 g/mol. The normalized spacial score (nSPS) is 42.1. The Labute approximate surface area is 197 Å². The van der Waals surface area contributed by atoms with Gasteiger partial charge in [-0.15, -0.1) is 0 Å². The number of benzene rings is 1. The van der Waals surface area contributed by atoms with Gasteiger partial charge < -0.3 is 10.1 Å². The molecule has 5 rings (SSSR count). The van der Waals surface area contributed by atoms with Gasteiger partial charge in [-0.1, -0.05) is 13.8 Å². The van der Waals surface area contributed by atoms with Crippen LogP contribution in [0.4, 0.5) is 14.5 Å². The summed E-state index contributed by atoms with van der Waals surface area (Å²) in [4.78, 5) is 13.4. The molecule has 0 saturated heterocycles. The van der Waals surface area contributed by atoms with Crippen LogP contribution in [0.1, 0.15) is 71.6 Å². The Bertz CT molecular complexity index is 906. The number of hydrogen-bond donors (Lipinski definition) is 1. The third kappa shape index (κ3) is 3.78. The number of rotatable bonds is 5. The summed E-state index contributed by atoms with van der Waals surface area (Å²) in [6.07, 6.45) is 8.84. The van der Waals surface area contributed by atoms with Gasteiger partial charge in [-0.05, 0) is 105 Å². The molecule has 182 valence electrons. The smallest absolute Gasteiger partial charge is 0.155 e. The minimum atomic E-state index is -0.973. The molecule has 4 aliphatic carbocycles. The molecule has 2 unspecified atom stereocenters. The molecule has 0 aromatic heterocycles. The van der Waals surface area contributed by atoms with E-state index in [1.54, 1.807) is 6.07 Å². The monoisotopic (exact) mass is 459 g/mol. The van der Waals surface area contributed by atoms with Gasteiger partial charge in [-0.25, -0.2) is 8.78 Å². The van der Waals surface area contributed by atoms with Crippen molar-refractivity contribution in [1.29, 1.82) is 0 Å². The molecule has 8 atom stereocenters. The Morgan fingerprint density at radius 1 is 1.12 bits per heavy atom. The Morgan fingerprint density at radius 2 is 1.94 bits per heavy atom. The van der Waals surface area contributed by atoms with E-state index in [2.05, 4.69) is 19.2 Å². The van der Waals surface area contributed by atoms with Crippen molar-refractivity contribution in [2.24, 2.45) is 40.9 Å². The number of hydrogen-bond acceptors (Lipinski definition) is 3. The van der Waals surface area contributed by atoms with Crippen molar-refractivity contribution in [3.63, 3.8) is 0 Å². The summed E-state index contributed by atoms with van der Waals surface area (Å²) in [6.45, 7) is 4.81. The average Bonchev–Trinajstić information content (AvgIpc) is 3.15. The molecule has 5 heteroatoms. The lowest BCUT2D eigenvalue weighted by atomic mass is 9.48. The van der Waals surface area contributed by atoms with Crippen LogP contribution in [0.3, 0.4) is 0 Å². The number of halogens is 2. The van der Waals surface area contributed by atoms with Crippen LogP contribution in [-0.4, -0.2) is 25.1 Å². The fraction of sp³-hybridized carbons (Fsp3) is 0.750. The van der Waals surface area contributed by atoms with E-state index in [9.17, 15) is 9.18 Å². The van der Waals surface area contributed by atoms with Crippen LogP contribution in [0, 0.1) is 46.7 Å². The number of nitrogens with one attached hydrogen (secondary N) is 1. The van der Waals surface area contributed by atoms with E-state index in [1.807, 2.05) is 0 Å². The number of anilines is 1. The molecule has 1 aromatic carbocycles. The lowest BCUT2D eigenvalue weighted by Crippen LogP contribution is -2.56. The van der Waals surface area contributed by atoms with Crippen molar-refractivity contribution in [3.8, 4) is 5.75 Å². The summed E-state index contributed by atoms with van der Waals surface area (Å²) in [7, 11) is 1.50. The maximum Gasteiger partial charge on any atom is 0.155 e. The van der Waals surface area contributed by atoms with Gasteiger partial charge in [0.25, 0.3) is 0 Å². The maximum absolute atomic E-state index is 16.5. The second-order valence-electron chi connectivity index (χ2n) is 11.8. The SMILES string of the molecule is COc1cc(F)ccc1NCC(=O)[C@H]1CCC2[C@@H]3CC[C@@H]4C[C@@H](C)CC[C@]4(F)C3CC[C@@]21C. The lowest BCUT2D eigenvalue weighted by molar-refractivity contribution is -0.145. The molecular formula is C28H39F2NO2. The fourth-order valence-electron chi connectivity index (χ4n) is 8.64. The number of ether oxygens (including phenoxy) is 1. The highest BCUT2D eigenvalue weighted by Gasteiger charge is 2.62. The first-order valence-corrected chi connectivity index (χ1v) is 13.1. The number of carbonyl (C=O) groups is 1.